The van der Waals surface area contributed by atoms with E-state index in [2.05, 4.69) is 37.8 Å². The van der Waals surface area contributed by atoms with Crippen molar-refractivity contribution in [3.05, 3.63) is 64.2 Å². The van der Waals surface area contributed by atoms with Crippen molar-refractivity contribution in [2.24, 2.45) is 0 Å². The van der Waals surface area contributed by atoms with Crippen LogP contribution in [-0.2, 0) is 15.4 Å². The maximum atomic E-state index is 12.9. The minimum Gasteiger partial charge on any atom is -0.369 e. The maximum absolute atomic E-state index is 12.9. The highest BCUT2D eigenvalue weighted by Gasteiger charge is 2.30. The average molecular weight is 404 g/mol. The van der Waals surface area contributed by atoms with Crippen molar-refractivity contribution in [3.63, 3.8) is 0 Å². The highest BCUT2D eigenvalue weighted by Crippen LogP contribution is 2.32. The molecular weight excluding hydrogens is 378 g/mol. The van der Waals surface area contributed by atoms with Gasteiger partial charge < -0.3 is 4.90 Å². The molecule has 2 aromatic rings. The van der Waals surface area contributed by atoms with Gasteiger partial charge in [-0.3, -0.25) is 10.1 Å². The van der Waals surface area contributed by atoms with Crippen LogP contribution in [0.25, 0.3) is 0 Å². The van der Waals surface area contributed by atoms with E-state index in [0.717, 1.165) is 5.69 Å². The molecule has 0 aromatic heterocycles. The number of hydrogen-bond donors (Lipinski definition) is 0. The topological polar surface area (TPSA) is 83.8 Å². The second kappa shape index (κ2) is 7.52. The lowest BCUT2D eigenvalue weighted by Gasteiger charge is -2.38. The number of para-hydroxylation sites is 1. The van der Waals surface area contributed by atoms with E-state index in [1.807, 2.05) is 12.1 Å². The molecule has 0 aliphatic carbocycles. The first-order valence-corrected chi connectivity index (χ1v) is 10.6. The van der Waals surface area contributed by atoms with Gasteiger partial charge in [-0.25, -0.2) is 8.42 Å². The van der Waals surface area contributed by atoms with Crippen LogP contribution >= 0.6 is 0 Å². The van der Waals surface area contributed by atoms with E-state index in [9.17, 15) is 18.5 Å². The molecule has 0 unspecified atom stereocenters. The van der Waals surface area contributed by atoms with Gasteiger partial charge in [-0.2, -0.15) is 4.31 Å². The fourth-order valence-electron chi connectivity index (χ4n) is 3.44. The Morgan fingerprint density at radius 1 is 0.929 bits per heavy atom. The van der Waals surface area contributed by atoms with Crippen LogP contribution in [0.5, 0.6) is 0 Å². The monoisotopic (exact) mass is 403 g/mol. The summed E-state index contributed by atoms with van der Waals surface area (Å²) in [6.45, 7) is 8.44. The fourth-order valence-corrected chi connectivity index (χ4v) is 4.86. The molecule has 8 heteroatoms. The molecule has 3 rings (SSSR count). The second-order valence-electron chi connectivity index (χ2n) is 7.91. The molecule has 0 spiro atoms. The van der Waals surface area contributed by atoms with Crippen LogP contribution in [0.1, 0.15) is 26.3 Å². The standard InChI is InChI=1S/C20H25N3O4S/c1-20(2,3)18-6-4-5-7-19(18)21-12-14-22(15-13-21)28(26,27)17-10-8-16(9-11-17)23(24)25/h4-11H,12-15H2,1-3H3. The SMILES string of the molecule is CC(C)(C)c1ccccc1N1CCN(S(=O)(=O)c2ccc([N+](=O)[O-])cc2)CC1. The number of nitrogens with zero attached hydrogens (tertiary/aromatic N) is 3. The Morgan fingerprint density at radius 2 is 1.50 bits per heavy atom. The molecule has 0 amide bonds. The number of hydrogen-bond acceptors (Lipinski definition) is 5. The molecule has 0 N–H and O–H groups in total. The first-order valence-electron chi connectivity index (χ1n) is 9.20. The third-order valence-corrected chi connectivity index (χ3v) is 6.89. The molecule has 150 valence electrons. The average Bonchev–Trinajstić information content (AvgIpc) is 2.67. The van der Waals surface area contributed by atoms with E-state index >= 15 is 0 Å². The Labute approximate surface area is 165 Å². The Morgan fingerprint density at radius 3 is 2.04 bits per heavy atom. The van der Waals surface area contributed by atoms with Gasteiger partial charge in [0.15, 0.2) is 0 Å². The van der Waals surface area contributed by atoms with E-state index in [4.69, 9.17) is 0 Å². The van der Waals surface area contributed by atoms with Crippen LogP contribution in [-0.4, -0.2) is 43.8 Å². The zero-order valence-electron chi connectivity index (χ0n) is 16.3. The summed E-state index contributed by atoms with van der Waals surface area (Å²) in [4.78, 5) is 12.5. The van der Waals surface area contributed by atoms with Gasteiger partial charge in [0, 0.05) is 44.0 Å². The summed E-state index contributed by atoms with van der Waals surface area (Å²) in [6.07, 6.45) is 0. The lowest BCUT2D eigenvalue weighted by atomic mass is 9.85. The third kappa shape index (κ3) is 4.02. The summed E-state index contributed by atoms with van der Waals surface area (Å²) in [5.41, 5.74) is 2.25. The van der Waals surface area contributed by atoms with Gasteiger partial charge in [0.2, 0.25) is 10.0 Å². The molecule has 7 nitrogen and oxygen atoms in total. The summed E-state index contributed by atoms with van der Waals surface area (Å²) in [5.74, 6) is 0. The van der Waals surface area contributed by atoms with E-state index in [1.165, 1.54) is 34.1 Å². The van der Waals surface area contributed by atoms with E-state index in [1.54, 1.807) is 0 Å². The van der Waals surface area contributed by atoms with Crippen LogP contribution < -0.4 is 4.90 Å². The zero-order valence-corrected chi connectivity index (χ0v) is 17.1. The van der Waals surface area contributed by atoms with E-state index < -0.39 is 14.9 Å². The molecule has 2 aromatic carbocycles. The fraction of sp³-hybridized carbons (Fsp3) is 0.400. The number of benzene rings is 2. The minimum atomic E-state index is -3.66. The lowest BCUT2D eigenvalue weighted by Crippen LogP contribution is -2.49. The molecular formula is C20H25N3O4S. The third-order valence-electron chi connectivity index (χ3n) is 4.98. The van der Waals surface area contributed by atoms with Crippen LogP contribution in [0.3, 0.4) is 0 Å². The van der Waals surface area contributed by atoms with E-state index in [0.29, 0.717) is 26.2 Å². The smallest absolute Gasteiger partial charge is 0.269 e. The van der Waals surface area contributed by atoms with Gasteiger partial charge in [0.1, 0.15) is 0 Å². The molecule has 1 heterocycles. The number of nitro groups is 1. The highest BCUT2D eigenvalue weighted by atomic mass is 32.2. The molecule has 28 heavy (non-hydrogen) atoms. The number of piperazine rings is 1. The van der Waals surface area contributed by atoms with Crippen molar-refractivity contribution in [1.82, 2.24) is 4.31 Å². The summed E-state index contributed by atoms with van der Waals surface area (Å²) in [7, 11) is -3.66. The van der Waals surface area contributed by atoms with Crippen molar-refractivity contribution >= 4 is 21.4 Å². The van der Waals surface area contributed by atoms with Crippen molar-refractivity contribution in [1.29, 1.82) is 0 Å². The summed E-state index contributed by atoms with van der Waals surface area (Å²) >= 11 is 0. The van der Waals surface area contributed by atoms with Gasteiger partial charge >= 0.3 is 0 Å². The summed E-state index contributed by atoms with van der Waals surface area (Å²) < 4.78 is 27.2. The number of rotatable bonds is 4. The van der Waals surface area contributed by atoms with Gasteiger partial charge in [0.05, 0.1) is 9.82 Å². The summed E-state index contributed by atoms with van der Waals surface area (Å²) in [6, 6.07) is 13.3. The van der Waals surface area contributed by atoms with Gasteiger partial charge in [-0.1, -0.05) is 39.0 Å². The predicted octanol–water partition coefficient (Wildman–Crippen LogP) is 3.40. The molecule has 1 saturated heterocycles. The number of nitro benzene ring substituents is 1. The van der Waals surface area contributed by atoms with E-state index in [-0.39, 0.29) is 16.0 Å². The molecule has 0 atom stereocenters. The van der Waals surface area contributed by atoms with Crippen molar-refractivity contribution in [2.75, 3.05) is 31.1 Å². The molecule has 0 bridgehead atoms. The number of anilines is 1. The van der Waals surface area contributed by atoms with Crippen molar-refractivity contribution in [3.8, 4) is 0 Å². The summed E-state index contributed by atoms with van der Waals surface area (Å²) in [5, 5.41) is 10.8. The predicted molar refractivity (Wildman–Crippen MR) is 109 cm³/mol. The molecule has 1 aliphatic rings. The maximum Gasteiger partial charge on any atom is 0.269 e. The first kappa shape index (κ1) is 20.3. The molecule has 0 saturated carbocycles. The quantitative estimate of drug-likeness (QED) is 0.577. The molecule has 0 radical (unpaired) electrons. The van der Waals surface area contributed by atoms with Crippen molar-refractivity contribution in [2.45, 2.75) is 31.1 Å². The normalized spacial score (nSPS) is 16.2. The highest BCUT2D eigenvalue weighted by molar-refractivity contribution is 7.89. The van der Waals surface area contributed by atoms with Crippen LogP contribution in [0.2, 0.25) is 0 Å². The Hall–Kier alpha value is -2.45. The number of sulfonamides is 1. The molecule has 1 fully saturated rings. The Kier molecular flexibility index (Phi) is 5.45. The zero-order chi connectivity index (χ0) is 20.5. The Bertz CT molecular complexity index is 958. The van der Waals surface area contributed by atoms with Crippen LogP contribution in [0.15, 0.2) is 53.4 Å². The first-order chi connectivity index (χ1) is 13.1. The largest absolute Gasteiger partial charge is 0.369 e. The van der Waals surface area contributed by atoms with Crippen LogP contribution in [0, 0.1) is 10.1 Å². The second-order valence-corrected chi connectivity index (χ2v) is 9.85. The van der Waals surface area contributed by atoms with Gasteiger partial charge in [-0.05, 0) is 29.2 Å². The molecule has 1 aliphatic heterocycles. The Balaban J connectivity index is 1.76. The van der Waals surface area contributed by atoms with Crippen molar-refractivity contribution < 1.29 is 13.3 Å². The minimum absolute atomic E-state index is 0.00143. The van der Waals surface area contributed by atoms with Gasteiger partial charge in [-0.15, -0.1) is 0 Å². The van der Waals surface area contributed by atoms with Gasteiger partial charge in [0.25, 0.3) is 5.69 Å². The van der Waals surface area contributed by atoms with Crippen LogP contribution in [0.4, 0.5) is 11.4 Å². The number of non-ortho nitro benzene ring substituents is 1. The lowest BCUT2D eigenvalue weighted by molar-refractivity contribution is -0.384.